The molecule has 3 nitrogen and oxygen atoms in total. The zero-order valence-corrected chi connectivity index (χ0v) is 14.2. The Balaban J connectivity index is 1.43. The van der Waals surface area contributed by atoms with Crippen LogP contribution in [0.5, 0.6) is 11.5 Å². The summed E-state index contributed by atoms with van der Waals surface area (Å²) in [7, 11) is 0. The third-order valence-electron chi connectivity index (χ3n) is 5.10. The predicted molar refractivity (Wildman–Crippen MR) is 98.2 cm³/mol. The molecule has 1 aliphatic carbocycles. The highest BCUT2D eigenvalue weighted by molar-refractivity contribution is 6.07. The Hall–Kier alpha value is -2.55. The zero-order valence-electron chi connectivity index (χ0n) is 14.2. The first-order valence-corrected chi connectivity index (χ1v) is 9.01. The maximum Gasteiger partial charge on any atom is 0.231 e. The van der Waals surface area contributed by atoms with Crippen molar-refractivity contribution in [1.82, 2.24) is 0 Å². The van der Waals surface area contributed by atoms with E-state index in [0.29, 0.717) is 23.0 Å². The zero-order chi connectivity index (χ0) is 17.1. The van der Waals surface area contributed by atoms with Gasteiger partial charge in [-0.2, -0.15) is 0 Å². The third-order valence-corrected chi connectivity index (χ3v) is 5.10. The fraction of sp³-hybridized carbons (Fsp3) is 0.318. The molecule has 1 aliphatic heterocycles. The van der Waals surface area contributed by atoms with E-state index in [2.05, 4.69) is 24.3 Å². The summed E-state index contributed by atoms with van der Waals surface area (Å²) < 4.78 is 10.6. The maximum absolute atomic E-state index is 12.3. The lowest BCUT2D eigenvalue weighted by Crippen LogP contribution is -2.04. The van der Waals surface area contributed by atoms with E-state index in [1.807, 2.05) is 6.08 Å². The number of allylic oxidation sites excluding steroid dienone is 1. The second-order valence-corrected chi connectivity index (χ2v) is 6.77. The first kappa shape index (κ1) is 15.9. The van der Waals surface area contributed by atoms with Crippen LogP contribution in [0.15, 0.2) is 48.5 Å². The van der Waals surface area contributed by atoms with E-state index in [0.717, 1.165) is 5.56 Å². The number of carbonyl (C=O) groups excluding carboxylic acids is 1. The number of ether oxygens (including phenoxy) is 2. The summed E-state index contributed by atoms with van der Waals surface area (Å²) in [6, 6.07) is 13.9. The lowest BCUT2D eigenvalue weighted by atomic mass is 9.84. The van der Waals surface area contributed by atoms with Crippen LogP contribution >= 0.6 is 0 Å². The van der Waals surface area contributed by atoms with Gasteiger partial charge in [-0.1, -0.05) is 49.6 Å². The van der Waals surface area contributed by atoms with Gasteiger partial charge in [0.1, 0.15) is 0 Å². The predicted octanol–water partition coefficient (Wildman–Crippen LogP) is 5.36. The highest BCUT2D eigenvalue weighted by Crippen LogP contribution is 2.33. The molecule has 0 atom stereocenters. The Morgan fingerprint density at radius 1 is 0.920 bits per heavy atom. The molecule has 0 N–H and O–H groups in total. The minimum atomic E-state index is -0.0327. The summed E-state index contributed by atoms with van der Waals surface area (Å²) in [4.78, 5) is 12.3. The Labute approximate surface area is 148 Å². The molecule has 128 valence electrons. The van der Waals surface area contributed by atoms with Gasteiger partial charge in [-0.3, -0.25) is 4.79 Å². The van der Waals surface area contributed by atoms with Crippen LogP contribution in [0.1, 0.15) is 59.5 Å². The van der Waals surface area contributed by atoms with Crippen LogP contribution in [0.4, 0.5) is 0 Å². The Bertz CT molecular complexity index is 783. The minimum absolute atomic E-state index is 0.0327. The SMILES string of the molecule is O=C(/C=C/c1ccc(C2CCCCC2)cc1)c1ccc2c(c1)OCO2. The summed E-state index contributed by atoms with van der Waals surface area (Å²) in [5.74, 6) is 2.01. The van der Waals surface area contributed by atoms with Gasteiger partial charge in [0.25, 0.3) is 0 Å². The second kappa shape index (κ2) is 7.14. The van der Waals surface area contributed by atoms with Crippen LogP contribution in [0.2, 0.25) is 0 Å². The van der Waals surface area contributed by atoms with Crippen LogP contribution < -0.4 is 9.47 Å². The highest BCUT2D eigenvalue weighted by atomic mass is 16.7. The Morgan fingerprint density at radius 2 is 1.68 bits per heavy atom. The first-order valence-electron chi connectivity index (χ1n) is 9.01. The minimum Gasteiger partial charge on any atom is -0.454 e. The van der Waals surface area contributed by atoms with Crippen LogP contribution in [-0.4, -0.2) is 12.6 Å². The van der Waals surface area contributed by atoms with Crippen molar-refractivity contribution >= 4 is 11.9 Å². The fourth-order valence-corrected chi connectivity index (χ4v) is 3.63. The second-order valence-electron chi connectivity index (χ2n) is 6.77. The van der Waals surface area contributed by atoms with E-state index in [-0.39, 0.29) is 12.6 Å². The van der Waals surface area contributed by atoms with Gasteiger partial charge in [0.2, 0.25) is 6.79 Å². The van der Waals surface area contributed by atoms with Crippen molar-refractivity contribution < 1.29 is 14.3 Å². The van der Waals surface area contributed by atoms with E-state index in [4.69, 9.17) is 9.47 Å². The smallest absolute Gasteiger partial charge is 0.231 e. The standard InChI is InChI=1S/C22H22O3/c23-20(19-11-13-21-22(14-19)25-15-24-21)12-8-16-6-9-18(10-7-16)17-4-2-1-3-5-17/h6-14,17H,1-5,15H2/b12-8+. The Morgan fingerprint density at radius 3 is 2.48 bits per heavy atom. The van der Waals surface area contributed by atoms with Crippen molar-refractivity contribution in [3.8, 4) is 11.5 Å². The van der Waals surface area contributed by atoms with Gasteiger partial charge in [0.15, 0.2) is 17.3 Å². The molecule has 0 spiro atoms. The molecule has 0 saturated heterocycles. The molecule has 0 aromatic heterocycles. The van der Waals surface area contributed by atoms with E-state index >= 15 is 0 Å². The van der Waals surface area contributed by atoms with Gasteiger partial charge >= 0.3 is 0 Å². The largest absolute Gasteiger partial charge is 0.454 e. The highest BCUT2D eigenvalue weighted by Gasteiger charge is 2.16. The molecule has 4 rings (SSSR count). The van der Waals surface area contributed by atoms with Crippen molar-refractivity contribution in [2.24, 2.45) is 0 Å². The van der Waals surface area contributed by atoms with Crippen LogP contribution in [-0.2, 0) is 0 Å². The molecule has 1 fully saturated rings. The van der Waals surface area contributed by atoms with Gasteiger partial charge < -0.3 is 9.47 Å². The molecule has 2 aromatic rings. The average Bonchev–Trinajstić information content (AvgIpc) is 3.15. The molecule has 1 heterocycles. The number of benzene rings is 2. The molecular formula is C22H22O3. The summed E-state index contributed by atoms with van der Waals surface area (Å²) >= 11 is 0. The molecule has 0 radical (unpaired) electrons. The molecule has 2 aromatic carbocycles. The van der Waals surface area contributed by atoms with Gasteiger partial charge in [-0.15, -0.1) is 0 Å². The van der Waals surface area contributed by atoms with E-state index < -0.39 is 0 Å². The quantitative estimate of drug-likeness (QED) is 0.558. The lowest BCUT2D eigenvalue weighted by Gasteiger charge is -2.21. The lowest BCUT2D eigenvalue weighted by molar-refractivity contribution is 0.104. The molecule has 0 amide bonds. The summed E-state index contributed by atoms with van der Waals surface area (Å²) in [6.45, 7) is 0.218. The number of rotatable bonds is 4. The molecular weight excluding hydrogens is 312 g/mol. The van der Waals surface area contributed by atoms with Gasteiger partial charge in [0.05, 0.1) is 0 Å². The normalized spacial score (nSPS) is 17.1. The van der Waals surface area contributed by atoms with E-state index in [9.17, 15) is 4.79 Å². The Kier molecular flexibility index (Phi) is 4.55. The van der Waals surface area contributed by atoms with Crippen LogP contribution in [0.3, 0.4) is 0 Å². The topological polar surface area (TPSA) is 35.5 Å². The number of fused-ring (bicyclic) bond motifs is 1. The molecule has 25 heavy (non-hydrogen) atoms. The molecule has 2 aliphatic rings. The van der Waals surface area contributed by atoms with Gasteiger partial charge in [0, 0.05) is 5.56 Å². The fourth-order valence-electron chi connectivity index (χ4n) is 3.63. The van der Waals surface area contributed by atoms with E-state index in [1.165, 1.54) is 37.7 Å². The third kappa shape index (κ3) is 3.60. The summed E-state index contributed by atoms with van der Waals surface area (Å²) in [6.07, 6.45) is 10.2. The van der Waals surface area contributed by atoms with Crippen LogP contribution in [0, 0.1) is 0 Å². The number of hydrogen-bond donors (Lipinski definition) is 0. The van der Waals surface area contributed by atoms with Gasteiger partial charge in [-0.25, -0.2) is 0 Å². The first-order chi connectivity index (χ1) is 12.3. The molecule has 3 heteroatoms. The maximum atomic E-state index is 12.3. The number of ketones is 1. The molecule has 0 bridgehead atoms. The summed E-state index contributed by atoms with van der Waals surface area (Å²) in [5.41, 5.74) is 3.09. The van der Waals surface area contributed by atoms with Crippen molar-refractivity contribution in [2.45, 2.75) is 38.0 Å². The van der Waals surface area contributed by atoms with Crippen molar-refractivity contribution in [3.05, 3.63) is 65.2 Å². The van der Waals surface area contributed by atoms with Gasteiger partial charge in [-0.05, 0) is 54.2 Å². The van der Waals surface area contributed by atoms with Crippen molar-refractivity contribution in [3.63, 3.8) is 0 Å². The number of carbonyl (C=O) groups is 1. The monoisotopic (exact) mass is 334 g/mol. The van der Waals surface area contributed by atoms with Crippen LogP contribution in [0.25, 0.3) is 6.08 Å². The van der Waals surface area contributed by atoms with Crippen molar-refractivity contribution in [1.29, 1.82) is 0 Å². The van der Waals surface area contributed by atoms with Crippen molar-refractivity contribution in [2.75, 3.05) is 6.79 Å². The van der Waals surface area contributed by atoms with E-state index in [1.54, 1.807) is 24.3 Å². The summed E-state index contributed by atoms with van der Waals surface area (Å²) in [5, 5.41) is 0. The average molecular weight is 334 g/mol. The number of hydrogen-bond acceptors (Lipinski definition) is 3. The molecule has 0 unspecified atom stereocenters. The molecule has 1 saturated carbocycles.